The lowest BCUT2D eigenvalue weighted by Crippen LogP contribution is -2.43. The highest BCUT2D eigenvalue weighted by molar-refractivity contribution is 6.30. The lowest BCUT2D eigenvalue weighted by molar-refractivity contribution is -0.0167. The lowest BCUT2D eigenvalue weighted by Gasteiger charge is -2.28. The third-order valence-electron chi connectivity index (χ3n) is 3.27. The fourth-order valence-corrected chi connectivity index (χ4v) is 2.42. The number of halogens is 1. The summed E-state index contributed by atoms with van der Waals surface area (Å²) < 4.78 is 5.21. The molecule has 3 rings (SSSR count). The molecular weight excluding hydrogens is 266 g/mol. The van der Waals surface area contributed by atoms with Crippen LogP contribution >= 0.6 is 11.6 Å². The fraction of sp³-hybridized carbons (Fsp3) is 0.385. The van der Waals surface area contributed by atoms with Crippen LogP contribution in [0.5, 0.6) is 0 Å². The summed E-state index contributed by atoms with van der Waals surface area (Å²) in [5.74, 6) is 0.700. The van der Waals surface area contributed by atoms with E-state index in [0.29, 0.717) is 23.8 Å². The van der Waals surface area contributed by atoms with Crippen molar-refractivity contribution in [2.45, 2.75) is 18.4 Å². The van der Waals surface area contributed by atoms with Crippen molar-refractivity contribution >= 4 is 11.6 Å². The molecular formula is C13H14ClN3O2. The molecule has 1 aromatic heterocycles. The lowest BCUT2D eigenvalue weighted by atomic mass is 9.94. The van der Waals surface area contributed by atoms with E-state index in [1.807, 2.05) is 12.1 Å². The number of nitrogens with one attached hydrogen (secondary N) is 1. The average Bonchev–Trinajstić information content (AvgIpc) is 2.90. The molecule has 1 fully saturated rings. The topological polar surface area (TPSA) is 71.2 Å². The van der Waals surface area contributed by atoms with Crippen LogP contribution in [0.4, 0.5) is 0 Å². The minimum absolute atomic E-state index is 0.259. The molecule has 1 atom stereocenters. The van der Waals surface area contributed by atoms with Crippen molar-refractivity contribution in [1.82, 2.24) is 15.5 Å². The van der Waals surface area contributed by atoms with E-state index in [1.54, 1.807) is 12.1 Å². The molecule has 0 bridgehead atoms. The highest BCUT2D eigenvalue weighted by Gasteiger charge is 2.37. The SMILES string of the molecule is OC1(c2nc(-c3cccc(Cl)c3)no2)CCCNC1. The van der Waals surface area contributed by atoms with Crippen LogP contribution in [0, 0.1) is 0 Å². The Bertz CT molecular complexity index is 579. The monoisotopic (exact) mass is 279 g/mol. The summed E-state index contributed by atoms with van der Waals surface area (Å²) in [6, 6.07) is 7.22. The molecule has 2 heterocycles. The predicted molar refractivity (Wildman–Crippen MR) is 70.7 cm³/mol. The minimum Gasteiger partial charge on any atom is -0.379 e. The number of hydrogen-bond donors (Lipinski definition) is 2. The molecule has 0 radical (unpaired) electrons. The van der Waals surface area contributed by atoms with Gasteiger partial charge in [0.1, 0.15) is 0 Å². The van der Waals surface area contributed by atoms with Gasteiger partial charge in [0.05, 0.1) is 0 Å². The Hall–Kier alpha value is -1.43. The van der Waals surface area contributed by atoms with Crippen LogP contribution in [0.25, 0.3) is 11.4 Å². The molecule has 0 amide bonds. The van der Waals surface area contributed by atoms with E-state index in [0.717, 1.165) is 18.5 Å². The third kappa shape index (κ3) is 2.49. The van der Waals surface area contributed by atoms with Gasteiger partial charge in [-0.3, -0.25) is 0 Å². The molecule has 5 nitrogen and oxygen atoms in total. The molecule has 1 aromatic carbocycles. The average molecular weight is 280 g/mol. The van der Waals surface area contributed by atoms with Gasteiger partial charge in [-0.15, -0.1) is 0 Å². The first-order valence-corrected chi connectivity index (χ1v) is 6.58. The highest BCUT2D eigenvalue weighted by atomic mass is 35.5. The van der Waals surface area contributed by atoms with Crippen molar-refractivity contribution in [2.75, 3.05) is 13.1 Å². The molecule has 100 valence electrons. The van der Waals surface area contributed by atoms with E-state index in [2.05, 4.69) is 15.5 Å². The van der Waals surface area contributed by atoms with Gasteiger partial charge in [0.2, 0.25) is 5.82 Å². The van der Waals surface area contributed by atoms with E-state index >= 15 is 0 Å². The fourth-order valence-electron chi connectivity index (χ4n) is 2.23. The molecule has 1 unspecified atom stereocenters. The van der Waals surface area contributed by atoms with Gasteiger partial charge in [0.25, 0.3) is 5.89 Å². The van der Waals surface area contributed by atoms with E-state index in [1.165, 1.54) is 0 Å². The molecule has 2 aromatic rings. The van der Waals surface area contributed by atoms with Crippen molar-refractivity contribution in [3.63, 3.8) is 0 Å². The van der Waals surface area contributed by atoms with Gasteiger partial charge < -0.3 is 14.9 Å². The zero-order valence-corrected chi connectivity index (χ0v) is 11.0. The summed E-state index contributed by atoms with van der Waals surface area (Å²) >= 11 is 5.93. The summed E-state index contributed by atoms with van der Waals surface area (Å²) in [7, 11) is 0. The van der Waals surface area contributed by atoms with Gasteiger partial charge >= 0.3 is 0 Å². The number of hydrogen-bond acceptors (Lipinski definition) is 5. The van der Waals surface area contributed by atoms with Crippen LogP contribution in [0.1, 0.15) is 18.7 Å². The van der Waals surface area contributed by atoms with Crippen molar-refractivity contribution in [2.24, 2.45) is 0 Å². The first-order chi connectivity index (χ1) is 9.17. The van der Waals surface area contributed by atoms with Crippen LogP contribution in [0.15, 0.2) is 28.8 Å². The van der Waals surface area contributed by atoms with Gasteiger partial charge in [0.15, 0.2) is 5.60 Å². The van der Waals surface area contributed by atoms with Gasteiger partial charge in [-0.05, 0) is 31.5 Å². The predicted octanol–water partition coefficient (Wildman–Crippen LogP) is 1.96. The van der Waals surface area contributed by atoms with E-state index in [9.17, 15) is 5.11 Å². The normalized spacial score (nSPS) is 23.5. The second kappa shape index (κ2) is 4.92. The molecule has 1 aliphatic rings. The molecule has 19 heavy (non-hydrogen) atoms. The second-order valence-corrected chi connectivity index (χ2v) is 5.18. The second-order valence-electron chi connectivity index (χ2n) is 4.75. The van der Waals surface area contributed by atoms with Crippen molar-refractivity contribution in [3.8, 4) is 11.4 Å². The van der Waals surface area contributed by atoms with Crippen LogP contribution in [-0.2, 0) is 5.60 Å². The van der Waals surface area contributed by atoms with Crippen molar-refractivity contribution in [3.05, 3.63) is 35.2 Å². The van der Waals surface area contributed by atoms with Crippen molar-refractivity contribution < 1.29 is 9.63 Å². The maximum atomic E-state index is 10.5. The zero-order chi connectivity index (χ0) is 13.3. The molecule has 2 N–H and O–H groups in total. The number of benzene rings is 1. The van der Waals surface area contributed by atoms with Crippen LogP contribution in [-0.4, -0.2) is 28.3 Å². The van der Waals surface area contributed by atoms with Crippen LogP contribution < -0.4 is 5.32 Å². The first kappa shape index (κ1) is 12.6. The Morgan fingerprint density at radius 1 is 1.42 bits per heavy atom. The standard InChI is InChI=1S/C13H14ClN3O2/c14-10-4-1-3-9(7-10)11-16-12(19-17-11)13(18)5-2-6-15-8-13/h1,3-4,7,15,18H,2,5-6,8H2. The summed E-state index contributed by atoms with van der Waals surface area (Å²) in [6.45, 7) is 1.34. The summed E-state index contributed by atoms with van der Waals surface area (Å²) in [6.07, 6.45) is 1.50. The van der Waals surface area contributed by atoms with Gasteiger partial charge in [-0.1, -0.05) is 28.9 Å². The smallest absolute Gasteiger partial charge is 0.260 e. The third-order valence-corrected chi connectivity index (χ3v) is 3.50. The molecule has 1 aliphatic heterocycles. The van der Waals surface area contributed by atoms with E-state index in [4.69, 9.17) is 16.1 Å². The summed E-state index contributed by atoms with van der Waals surface area (Å²) in [4.78, 5) is 4.29. The maximum Gasteiger partial charge on any atom is 0.260 e. The number of β-amino-alcohol motifs (C(OH)–C–C–N with tert-alkyl or cyclic N) is 1. The Morgan fingerprint density at radius 2 is 2.32 bits per heavy atom. The van der Waals surface area contributed by atoms with Crippen LogP contribution in [0.3, 0.4) is 0 Å². The number of piperidine rings is 1. The Kier molecular flexibility index (Phi) is 3.26. The number of rotatable bonds is 2. The van der Waals surface area contributed by atoms with Crippen molar-refractivity contribution in [1.29, 1.82) is 0 Å². The Morgan fingerprint density at radius 3 is 3.05 bits per heavy atom. The number of aliphatic hydroxyl groups is 1. The van der Waals surface area contributed by atoms with Gasteiger partial charge in [-0.2, -0.15) is 4.98 Å². The molecule has 1 saturated heterocycles. The summed E-state index contributed by atoms with van der Waals surface area (Å²) in [5.41, 5.74) is -0.294. The first-order valence-electron chi connectivity index (χ1n) is 6.21. The Labute approximate surface area is 115 Å². The van der Waals surface area contributed by atoms with E-state index in [-0.39, 0.29) is 5.89 Å². The number of nitrogens with zero attached hydrogens (tertiary/aromatic N) is 2. The van der Waals surface area contributed by atoms with E-state index < -0.39 is 5.60 Å². The summed E-state index contributed by atoms with van der Waals surface area (Å²) in [5, 5.41) is 18.1. The maximum absolute atomic E-state index is 10.5. The molecule has 0 aliphatic carbocycles. The molecule has 0 spiro atoms. The van der Waals surface area contributed by atoms with Gasteiger partial charge in [-0.25, -0.2) is 0 Å². The van der Waals surface area contributed by atoms with Crippen LogP contribution in [0.2, 0.25) is 5.02 Å². The zero-order valence-electron chi connectivity index (χ0n) is 10.3. The van der Waals surface area contributed by atoms with Gasteiger partial charge in [0, 0.05) is 17.1 Å². The Balaban J connectivity index is 1.91. The molecule has 6 heteroatoms. The molecule has 0 saturated carbocycles. The quantitative estimate of drug-likeness (QED) is 0.879. The largest absolute Gasteiger partial charge is 0.379 e. The minimum atomic E-state index is -1.07. The highest BCUT2D eigenvalue weighted by Crippen LogP contribution is 2.29. The number of aromatic nitrogens is 2.